The quantitative estimate of drug-likeness (QED) is 0.511. The summed E-state index contributed by atoms with van der Waals surface area (Å²) in [5.41, 5.74) is 1.37. The fraction of sp³-hybridized carbons (Fsp3) is 0.560. The standard InChI is InChI=1S/C25H37N5O2/c1-19-15-22(18-30(19)17-21-7-5-4-6-8-21)28-25(26-3)27-16-23(24-10-9-20(2)32-24)29-11-13-31-14-12-29/h4-10,19,22-23H,11-18H2,1-3H3,(H2,26,27,28). The lowest BCUT2D eigenvalue weighted by Crippen LogP contribution is -2.48. The summed E-state index contributed by atoms with van der Waals surface area (Å²) in [6, 6.07) is 15.9. The smallest absolute Gasteiger partial charge is 0.191 e. The van der Waals surface area contributed by atoms with E-state index in [0.29, 0.717) is 12.1 Å². The molecule has 0 spiro atoms. The van der Waals surface area contributed by atoms with Crippen molar-refractivity contribution in [2.45, 2.75) is 44.9 Å². The molecule has 7 heteroatoms. The van der Waals surface area contributed by atoms with Gasteiger partial charge in [0.2, 0.25) is 0 Å². The minimum atomic E-state index is 0.156. The van der Waals surface area contributed by atoms with E-state index in [1.54, 1.807) is 0 Å². The molecule has 174 valence electrons. The maximum absolute atomic E-state index is 5.99. The van der Waals surface area contributed by atoms with Crippen LogP contribution in [-0.4, -0.2) is 74.3 Å². The van der Waals surface area contributed by atoms with Crippen molar-refractivity contribution < 1.29 is 9.15 Å². The molecule has 32 heavy (non-hydrogen) atoms. The Morgan fingerprint density at radius 3 is 2.62 bits per heavy atom. The van der Waals surface area contributed by atoms with Gasteiger partial charge in [0, 0.05) is 51.9 Å². The van der Waals surface area contributed by atoms with Crippen LogP contribution >= 0.6 is 0 Å². The normalized spacial score (nSPS) is 23.9. The van der Waals surface area contributed by atoms with Crippen molar-refractivity contribution in [2.24, 2.45) is 4.99 Å². The molecule has 0 bridgehead atoms. The van der Waals surface area contributed by atoms with E-state index in [1.165, 1.54) is 5.56 Å². The van der Waals surface area contributed by atoms with Crippen molar-refractivity contribution in [1.82, 2.24) is 20.4 Å². The van der Waals surface area contributed by atoms with Crippen LogP contribution in [0.2, 0.25) is 0 Å². The first kappa shape index (κ1) is 22.8. The van der Waals surface area contributed by atoms with Crippen LogP contribution in [0.3, 0.4) is 0 Å². The number of likely N-dealkylation sites (tertiary alicyclic amines) is 1. The van der Waals surface area contributed by atoms with Gasteiger partial charge in [-0.25, -0.2) is 0 Å². The average molecular weight is 440 g/mol. The lowest BCUT2D eigenvalue weighted by Gasteiger charge is -2.33. The Balaban J connectivity index is 1.33. The molecule has 0 radical (unpaired) electrons. The molecule has 2 N–H and O–H groups in total. The van der Waals surface area contributed by atoms with Gasteiger partial charge in [0.1, 0.15) is 11.5 Å². The number of guanidine groups is 1. The van der Waals surface area contributed by atoms with Crippen LogP contribution in [0.5, 0.6) is 0 Å². The Hall–Kier alpha value is -2.35. The molecule has 2 aromatic rings. The molecule has 0 amide bonds. The molecular weight excluding hydrogens is 402 g/mol. The first-order valence-corrected chi connectivity index (χ1v) is 11.8. The number of nitrogens with zero attached hydrogens (tertiary/aromatic N) is 3. The van der Waals surface area contributed by atoms with Gasteiger partial charge in [-0.3, -0.25) is 14.8 Å². The van der Waals surface area contributed by atoms with Gasteiger partial charge in [-0.05, 0) is 38.0 Å². The van der Waals surface area contributed by atoms with Crippen molar-refractivity contribution in [3.05, 3.63) is 59.5 Å². The van der Waals surface area contributed by atoms with E-state index in [1.807, 2.05) is 20.0 Å². The predicted molar refractivity (Wildman–Crippen MR) is 128 cm³/mol. The second kappa shape index (κ2) is 11.0. The van der Waals surface area contributed by atoms with Crippen LogP contribution in [-0.2, 0) is 11.3 Å². The van der Waals surface area contributed by atoms with Gasteiger partial charge in [0.15, 0.2) is 5.96 Å². The fourth-order valence-corrected chi connectivity index (χ4v) is 4.75. The molecule has 0 aliphatic carbocycles. The Bertz CT molecular complexity index is 862. The van der Waals surface area contributed by atoms with Gasteiger partial charge >= 0.3 is 0 Å². The Kier molecular flexibility index (Phi) is 7.84. The molecule has 4 rings (SSSR count). The number of furan rings is 1. The average Bonchev–Trinajstić information content (AvgIpc) is 3.39. The molecule has 2 fully saturated rings. The van der Waals surface area contributed by atoms with Crippen molar-refractivity contribution in [3.63, 3.8) is 0 Å². The highest BCUT2D eigenvalue weighted by Crippen LogP contribution is 2.24. The highest BCUT2D eigenvalue weighted by Gasteiger charge is 2.30. The van der Waals surface area contributed by atoms with E-state index in [0.717, 1.165) is 69.8 Å². The van der Waals surface area contributed by atoms with Crippen LogP contribution in [0, 0.1) is 6.92 Å². The molecular formula is C25H37N5O2. The molecule has 3 atom stereocenters. The van der Waals surface area contributed by atoms with Crippen LogP contribution in [0.4, 0.5) is 0 Å². The summed E-state index contributed by atoms with van der Waals surface area (Å²) in [6.07, 6.45) is 1.11. The van der Waals surface area contributed by atoms with E-state index in [9.17, 15) is 0 Å². The number of hydrogen-bond acceptors (Lipinski definition) is 5. The maximum atomic E-state index is 5.99. The first-order valence-electron chi connectivity index (χ1n) is 11.8. The van der Waals surface area contributed by atoms with Gasteiger partial charge in [-0.1, -0.05) is 30.3 Å². The van der Waals surface area contributed by atoms with E-state index < -0.39 is 0 Å². The van der Waals surface area contributed by atoms with E-state index in [2.05, 4.69) is 68.7 Å². The third-order valence-corrected chi connectivity index (χ3v) is 6.54. The summed E-state index contributed by atoms with van der Waals surface area (Å²) >= 11 is 0. The van der Waals surface area contributed by atoms with Gasteiger partial charge < -0.3 is 19.8 Å². The molecule has 3 heterocycles. The largest absolute Gasteiger partial charge is 0.465 e. The highest BCUT2D eigenvalue weighted by atomic mass is 16.5. The summed E-state index contributed by atoms with van der Waals surface area (Å²) in [5.74, 6) is 2.79. The Morgan fingerprint density at radius 2 is 1.94 bits per heavy atom. The summed E-state index contributed by atoms with van der Waals surface area (Å²) in [5, 5.41) is 7.21. The second-order valence-corrected chi connectivity index (χ2v) is 8.91. The number of aryl methyl sites for hydroxylation is 1. The molecule has 0 saturated carbocycles. The highest BCUT2D eigenvalue weighted by molar-refractivity contribution is 5.80. The van der Waals surface area contributed by atoms with E-state index in [-0.39, 0.29) is 6.04 Å². The lowest BCUT2D eigenvalue weighted by molar-refractivity contribution is 0.0124. The molecule has 1 aromatic heterocycles. The minimum absolute atomic E-state index is 0.156. The molecule has 2 aliphatic heterocycles. The molecule has 2 aliphatic rings. The number of aliphatic imine (C=N–C) groups is 1. The van der Waals surface area contributed by atoms with Crippen LogP contribution < -0.4 is 10.6 Å². The molecule has 2 saturated heterocycles. The zero-order chi connectivity index (χ0) is 22.3. The number of hydrogen-bond donors (Lipinski definition) is 2. The summed E-state index contributed by atoms with van der Waals surface area (Å²) in [7, 11) is 1.84. The Morgan fingerprint density at radius 1 is 1.16 bits per heavy atom. The number of rotatable bonds is 7. The molecule has 3 unspecified atom stereocenters. The van der Waals surface area contributed by atoms with Crippen molar-refractivity contribution in [2.75, 3.05) is 46.4 Å². The molecule has 1 aromatic carbocycles. The maximum Gasteiger partial charge on any atom is 0.191 e. The van der Waals surface area contributed by atoms with Crippen LogP contribution in [0.25, 0.3) is 0 Å². The lowest BCUT2D eigenvalue weighted by atomic mass is 10.1. The van der Waals surface area contributed by atoms with Crippen LogP contribution in [0.15, 0.2) is 51.9 Å². The number of morpholine rings is 1. The third-order valence-electron chi connectivity index (χ3n) is 6.54. The van der Waals surface area contributed by atoms with Crippen molar-refractivity contribution >= 4 is 5.96 Å². The first-order chi connectivity index (χ1) is 15.6. The Labute approximate surface area is 191 Å². The summed E-state index contributed by atoms with van der Waals surface area (Å²) in [4.78, 5) is 9.48. The molecule has 7 nitrogen and oxygen atoms in total. The van der Waals surface area contributed by atoms with E-state index >= 15 is 0 Å². The minimum Gasteiger partial charge on any atom is -0.465 e. The van der Waals surface area contributed by atoms with Crippen molar-refractivity contribution in [3.8, 4) is 0 Å². The topological polar surface area (TPSA) is 65.3 Å². The zero-order valence-corrected chi connectivity index (χ0v) is 19.6. The number of benzene rings is 1. The SMILES string of the molecule is CN=C(NCC(c1ccc(C)o1)N1CCOCC1)NC1CC(C)N(Cc2ccccc2)C1. The zero-order valence-electron chi connectivity index (χ0n) is 19.6. The van der Waals surface area contributed by atoms with E-state index in [4.69, 9.17) is 9.15 Å². The summed E-state index contributed by atoms with van der Waals surface area (Å²) < 4.78 is 11.5. The fourth-order valence-electron chi connectivity index (χ4n) is 4.75. The van der Waals surface area contributed by atoms with Crippen LogP contribution in [0.1, 0.15) is 36.5 Å². The second-order valence-electron chi connectivity index (χ2n) is 8.91. The third kappa shape index (κ3) is 5.91. The van der Waals surface area contributed by atoms with Crippen molar-refractivity contribution in [1.29, 1.82) is 0 Å². The predicted octanol–water partition coefficient (Wildman–Crippen LogP) is 2.79. The van der Waals surface area contributed by atoms with Gasteiger partial charge in [-0.15, -0.1) is 0 Å². The van der Waals surface area contributed by atoms with Gasteiger partial charge in [-0.2, -0.15) is 0 Å². The van der Waals surface area contributed by atoms with Gasteiger partial charge in [0.25, 0.3) is 0 Å². The summed E-state index contributed by atoms with van der Waals surface area (Å²) in [6.45, 7) is 10.4. The van der Waals surface area contributed by atoms with Gasteiger partial charge in [0.05, 0.1) is 19.3 Å². The monoisotopic (exact) mass is 439 g/mol. The number of nitrogens with one attached hydrogen (secondary N) is 2. The number of ether oxygens (including phenoxy) is 1.